The first-order valence-electron chi connectivity index (χ1n) is 8.92. The van der Waals surface area contributed by atoms with Gasteiger partial charge in [-0.2, -0.15) is 0 Å². The van der Waals surface area contributed by atoms with E-state index in [1.165, 1.54) is 12.1 Å². The zero-order valence-electron chi connectivity index (χ0n) is 15.1. The molecule has 1 saturated heterocycles. The Morgan fingerprint density at radius 3 is 2.30 bits per heavy atom. The lowest BCUT2D eigenvalue weighted by molar-refractivity contribution is -0.274. The van der Waals surface area contributed by atoms with E-state index in [4.69, 9.17) is 0 Å². The van der Waals surface area contributed by atoms with Gasteiger partial charge in [-0.05, 0) is 55.2 Å². The van der Waals surface area contributed by atoms with Gasteiger partial charge in [-0.15, -0.1) is 13.2 Å². The smallest absolute Gasteiger partial charge is 0.506 e. The first-order valence-corrected chi connectivity index (χ1v) is 8.92. The van der Waals surface area contributed by atoms with Crippen LogP contribution in [0.4, 0.5) is 24.5 Å². The first kappa shape index (κ1) is 19.2. The molecule has 0 unspecified atom stereocenters. The Morgan fingerprint density at radius 1 is 1.07 bits per heavy atom. The molecule has 1 aliphatic rings. The Bertz CT molecular complexity index is 742. The number of alkyl halides is 3. The molecule has 3 rings (SSSR count). The number of para-hydroxylation sites is 2. The molecule has 1 N–H and O–H groups in total. The maximum Gasteiger partial charge on any atom is 0.573 e. The van der Waals surface area contributed by atoms with Crippen LogP contribution in [0.25, 0.3) is 0 Å². The van der Waals surface area contributed by atoms with E-state index in [-0.39, 0.29) is 11.5 Å². The Labute approximate surface area is 156 Å². The minimum atomic E-state index is -4.67. The Morgan fingerprint density at radius 2 is 1.70 bits per heavy atom. The number of aromatic hydroxyl groups is 1. The highest BCUT2D eigenvalue weighted by atomic mass is 19.4. The third kappa shape index (κ3) is 5.21. The average molecular weight is 380 g/mol. The lowest BCUT2D eigenvalue weighted by Crippen LogP contribution is -2.37. The van der Waals surface area contributed by atoms with Crippen LogP contribution in [0.3, 0.4) is 0 Å². The number of piperidine rings is 1. The zero-order chi connectivity index (χ0) is 19.4. The average Bonchev–Trinajstić information content (AvgIpc) is 2.62. The molecule has 0 aromatic heterocycles. The van der Waals surface area contributed by atoms with Gasteiger partial charge in [-0.25, -0.2) is 0 Å². The molecule has 7 heteroatoms. The second-order valence-corrected chi connectivity index (χ2v) is 6.84. The van der Waals surface area contributed by atoms with Gasteiger partial charge < -0.3 is 19.6 Å². The fourth-order valence-corrected chi connectivity index (χ4v) is 3.50. The van der Waals surface area contributed by atoms with Crippen molar-refractivity contribution in [3.63, 3.8) is 0 Å². The maximum absolute atomic E-state index is 12.2. The molecule has 4 nitrogen and oxygen atoms in total. The lowest BCUT2D eigenvalue weighted by Gasteiger charge is -2.35. The van der Waals surface area contributed by atoms with E-state index in [2.05, 4.69) is 14.5 Å². The number of anilines is 2. The summed E-state index contributed by atoms with van der Waals surface area (Å²) in [5.41, 5.74) is 1.72. The molecule has 0 bridgehead atoms. The molecule has 2 aromatic carbocycles. The molecular formula is C20H23F3N2O2. The van der Waals surface area contributed by atoms with E-state index in [0.29, 0.717) is 5.92 Å². The van der Waals surface area contributed by atoms with E-state index in [0.717, 1.165) is 43.9 Å². The molecule has 0 aliphatic carbocycles. The van der Waals surface area contributed by atoms with Crippen LogP contribution in [0.15, 0.2) is 48.5 Å². The molecule has 146 valence electrons. The summed E-state index contributed by atoms with van der Waals surface area (Å²) in [5.74, 6) is 0.572. The predicted octanol–water partition coefficient (Wildman–Crippen LogP) is 4.64. The first-order chi connectivity index (χ1) is 12.8. The van der Waals surface area contributed by atoms with Gasteiger partial charge in [0.15, 0.2) is 0 Å². The van der Waals surface area contributed by atoms with E-state index < -0.39 is 6.36 Å². The largest absolute Gasteiger partial charge is 0.573 e. The van der Waals surface area contributed by atoms with Crippen LogP contribution in [0.2, 0.25) is 0 Å². The normalized spacial score (nSPS) is 15.6. The number of hydrogen-bond acceptors (Lipinski definition) is 4. The van der Waals surface area contributed by atoms with E-state index >= 15 is 0 Å². The van der Waals surface area contributed by atoms with Crippen molar-refractivity contribution in [2.45, 2.75) is 19.2 Å². The van der Waals surface area contributed by atoms with Crippen molar-refractivity contribution in [1.82, 2.24) is 0 Å². The summed E-state index contributed by atoms with van der Waals surface area (Å²) in [4.78, 5) is 4.24. The quantitative estimate of drug-likeness (QED) is 0.820. The number of phenols is 1. The van der Waals surface area contributed by atoms with Gasteiger partial charge >= 0.3 is 6.36 Å². The number of halogens is 3. The van der Waals surface area contributed by atoms with Crippen LogP contribution < -0.4 is 14.5 Å². The lowest BCUT2D eigenvalue weighted by atomic mass is 9.95. The third-order valence-corrected chi connectivity index (χ3v) is 4.88. The topological polar surface area (TPSA) is 35.9 Å². The Hall–Kier alpha value is -2.57. The van der Waals surface area contributed by atoms with Crippen LogP contribution in [-0.4, -0.2) is 38.2 Å². The maximum atomic E-state index is 12.2. The van der Waals surface area contributed by atoms with Crippen molar-refractivity contribution < 1.29 is 23.0 Å². The fourth-order valence-electron chi connectivity index (χ4n) is 3.50. The molecule has 0 atom stereocenters. The van der Waals surface area contributed by atoms with Gasteiger partial charge in [0.2, 0.25) is 0 Å². The Kier molecular flexibility index (Phi) is 5.68. The zero-order valence-corrected chi connectivity index (χ0v) is 15.1. The summed E-state index contributed by atoms with van der Waals surface area (Å²) in [7, 11) is 1.97. The number of phenolic OH excluding ortho intramolecular Hbond substituents is 1. The van der Waals surface area contributed by atoms with Crippen molar-refractivity contribution in [3.8, 4) is 11.5 Å². The number of nitrogens with zero attached hydrogens (tertiary/aromatic N) is 2. The van der Waals surface area contributed by atoms with Crippen molar-refractivity contribution >= 4 is 11.4 Å². The van der Waals surface area contributed by atoms with Crippen LogP contribution in [0, 0.1) is 5.92 Å². The minimum absolute atomic E-state index is 0.203. The monoisotopic (exact) mass is 380 g/mol. The standard InChI is InChI=1S/C20H23F3N2O2/c1-24(18-4-2-3-5-19(18)26)14-15-10-12-25(13-11-15)16-6-8-17(9-7-16)27-20(21,22)23/h2-9,15,26H,10-14H2,1H3. The van der Waals surface area contributed by atoms with Gasteiger partial charge in [0, 0.05) is 32.4 Å². The second-order valence-electron chi connectivity index (χ2n) is 6.84. The van der Waals surface area contributed by atoms with Crippen LogP contribution in [-0.2, 0) is 0 Å². The van der Waals surface area contributed by atoms with Crippen molar-refractivity contribution in [2.75, 3.05) is 36.5 Å². The predicted molar refractivity (Wildman–Crippen MR) is 99.4 cm³/mol. The van der Waals surface area contributed by atoms with Gasteiger partial charge in [0.1, 0.15) is 11.5 Å². The molecule has 0 spiro atoms. The molecular weight excluding hydrogens is 357 g/mol. The number of ether oxygens (including phenoxy) is 1. The summed E-state index contributed by atoms with van der Waals surface area (Å²) in [5, 5.41) is 9.96. The van der Waals surface area contributed by atoms with Crippen molar-refractivity contribution in [3.05, 3.63) is 48.5 Å². The van der Waals surface area contributed by atoms with Crippen LogP contribution >= 0.6 is 0 Å². The molecule has 1 fully saturated rings. The van der Waals surface area contributed by atoms with Gasteiger partial charge in [0.25, 0.3) is 0 Å². The van der Waals surface area contributed by atoms with Crippen LogP contribution in [0.1, 0.15) is 12.8 Å². The van der Waals surface area contributed by atoms with Gasteiger partial charge in [-0.1, -0.05) is 12.1 Å². The molecule has 1 aliphatic heterocycles. The van der Waals surface area contributed by atoms with Gasteiger partial charge in [0.05, 0.1) is 5.69 Å². The highest BCUT2D eigenvalue weighted by Crippen LogP contribution is 2.30. The van der Waals surface area contributed by atoms with Crippen LogP contribution in [0.5, 0.6) is 11.5 Å². The molecule has 0 saturated carbocycles. The highest BCUT2D eigenvalue weighted by molar-refractivity contribution is 5.57. The summed E-state index contributed by atoms with van der Waals surface area (Å²) in [6.45, 7) is 2.54. The molecule has 0 radical (unpaired) electrons. The van der Waals surface area contributed by atoms with E-state index in [1.807, 2.05) is 19.2 Å². The van der Waals surface area contributed by atoms with Crippen molar-refractivity contribution in [2.24, 2.45) is 5.92 Å². The van der Waals surface area contributed by atoms with Gasteiger partial charge in [-0.3, -0.25) is 0 Å². The fraction of sp³-hybridized carbons (Fsp3) is 0.400. The van der Waals surface area contributed by atoms with E-state index in [9.17, 15) is 18.3 Å². The number of hydrogen-bond donors (Lipinski definition) is 1. The minimum Gasteiger partial charge on any atom is -0.506 e. The molecule has 1 heterocycles. The Balaban J connectivity index is 1.52. The number of rotatable bonds is 5. The SMILES string of the molecule is CN(CC1CCN(c2ccc(OC(F)(F)F)cc2)CC1)c1ccccc1O. The summed E-state index contributed by atoms with van der Waals surface area (Å²) in [6, 6.07) is 13.3. The summed E-state index contributed by atoms with van der Waals surface area (Å²) >= 11 is 0. The summed E-state index contributed by atoms with van der Waals surface area (Å²) < 4.78 is 40.6. The molecule has 27 heavy (non-hydrogen) atoms. The van der Waals surface area contributed by atoms with Crippen molar-refractivity contribution in [1.29, 1.82) is 0 Å². The van der Waals surface area contributed by atoms with E-state index in [1.54, 1.807) is 24.3 Å². The molecule has 0 amide bonds. The highest BCUT2D eigenvalue weighted by Gasteiger charge is 2.31. The third-order valence-electron chi connectivity index (χ3n) is 4.88. The second kappa shape index (κ2) is 7.98. The summed E-state index contributed by atoms with van der Waals surface area (Å²) in [6.07, 6.45) is -2.70. The number of benzene rings is 2. The molecule has 2 aromatic rings.